The van der Waals surface area contributed by atoms with E-state index >= 15 is 0 Å². The second-order valence-electron chi connectivity index (χ2n) is 8.02. The van der Waals surface area contributed by atoms with Gasteiger partial charge in [-0.05, 0) is 70.5 Å². The Hall–Kier alpha value is -0.790. The zero-order chi connectivity index (χ0) is 19.8. The van der Waals surface area contributed by atoms with Gasteiger partial charge in [0.1, 0.15) is 6.04 Å². The number of amides is 1. The van der Waals surface area contributed by atoms with Crippen LogP contribution in [0.1, 0.15) is 52.9 Å². The summed E-state index contributed by atoms with van der Waals surface area (Å²) in [4.78, 5) is 28.0. The van der Waals surface area contributed by atoms with Crippen LogP contribution in [0.5, 0.6) is 0 Å². The van der Waals surface area contributed by atoms with E-state index in [-0.39, 0.29) is 24.0 Å². The van der Waals surface area contributed by atoms with Crippen molar-refractivity contribution in [1.29, 1.82) is 0 Å². The molecule has 2 unspecified atom stereocenters. The molecule has 2 aliphatic heterocycles. The lowest BCUT2D eigenvalue weighted by Gasteiger charge is -2.30. The first-order chi connectivity index (χ1) is 13.0. The lowest BCUT2D eigenvalue weighted by molar-refractivity contribution is -0.152. The quantitative estimate of drug-likeness (QED) is 0.548. The lowest BCUT2D eigenvalue weighted by Crippen LogP contribution is -2.53. The lowest BCUT2D eigenvalue weighted by atomic mass is 9.96. The molecular formula is C20H37N3O3S. The average molecular weight is 400 g/mol. The molecular weight excluding hydrogens is 362 g/mol. The number of hydrogen-bond donors (Lipinski definition) is 2. The second-order valence-corrected chi connectivity index (χ2v) is 9.00. The van der Waals surface area contributed by atoms with E-state index in [9.17, 15) is 9.59 Å². The predicted octanol–water partition coefficient (Wildman–Crippen LogP) is 2.03. The number of carbonyl (C=O) groups excluding carboxylic acids is 2. The maximum atomic E-state index is 13.2. The van der Waals surface area contributed by atoms with E-state index in [2.05, 4.69) is 22.5 Å². The van der Waals surface area contributed by atoms with Crippen molar-refractivity contribution >= 4 is 23.6 Å². The summed E-state index contributed by atoms with van der Waals surface area (Å²) in [6, 6.07) is -0.216. The van der Waals surface area contributed by atoms with Crippen LogP contribution in [0.2, 0.25) is 0 Å². The van der Waals surface area contributed by atoms with Gasteiger partial charge in [-0.15, -0.1) is 0 Å². The molecule has 0 saturated carbocycles. The van der Waals surface area contributed by atoms with Gasteiger partial charge in [-0.2, -0.15) is 11.8 Å². The van der Waals surface area contributed by atoms with Gasteiger partial charge in [-0.25, -0.2) is 4.79 Å². The van der Waals surface area contributed by atoms with E-state index < -0.39 is 6.04 Å². The first kappa shape index (κ1) is 22.5. The molecule has 0 aliphatic carbocycles. The monoisotopic (exact) mass is 399 g/mol. The van der Waals surface area contributed by atoms with Crippen LogP contribution >= 0.6 is 11.8 Å². The van der Waals surface area contributed by atoms with Gasteiger partial charge in [0, 0.05) is 12.6 Å². The number of carbonyl (C=O) groups is 2. The zero-order valence-electron chi connectivity index (χ0n) is 17.3. The predicted molar refractivity (Wildman–Crippen MR) is 111 cm³/mol. The number of thioether (sulfide) groups is 1. The van der Waals surface area contributed by atoms with Crippen molar-refractivity contribution in [2.45, 2.75) is 77.1 Å². The molecule has 2 heterocycles. The highest BCUT2D eigenvalue weighted by atomic mass is 32.2. The van der Waals surface area contributed by atoms with Crippen LogP contribution in [-0.2, 0) is 14.3 Å². The summed E-state index contributed by atoms with van der Waals surface area (Å²) in [7, 11) is 0. The summed E-state index contributed by atoms with van der Waals surface area (Å²) in [6.45, 7) is 8.78. The van der Waals surface area contributed by atoms with Crippen LogP contribution < -0.4 is 10.6 Å². The average Bonchev–Trinajstić information content (AvgIpc) is 3.27. The van der Waals surface area contributed by atoms with Gasteiger partial charge >= 0.3 is 5.97 Å². The fraction of sp³-hybridized carbons (Fsp3) is 0.900. The third-order valence-corrected chi connectivity index (χ3v) is 6.24. The van der Waals surface area contributed by atoms with Crippen molar-refractivity contribution in [3.63, 3.8) is 0 Å². The van der Waals surface area contributed by atoms with E-state index in [4.69, 9.17) is 4.74 Å². The fourth-order valence-corrected chi connectivity index (χ4v) is 4.66. The van der Waals surface area contributed by atoms with Gasteiger partial charge in [0.15, 0.2) is 0 Å². The molecule has 2 rings (SSSR count). The number of rotatable bonds is 10. The van der Waals surface area contributed by atoms with Gasteiger partial charge in [-0.3, -0.25) is 9.69 Å². The summed E-state index contributed by atoms with van der Waals surface area (Å²) in [6.07, 6.45) is 6.86. The molecule has 2 N–H and O–H groups in total. The van der Waals surface area contributed by atoms with Crippen molar-refractivity contribution in [3.05, 3.63) is 0 Å². The fourth-order valence-electron chi connectivity index (χ4n) is 4.19. The standard InChI is InChI=1S/C20H37N3O3S/c1-5-15-8-11-23(13-16-7-6-10-21-16)18(15)19(24)22-17(9-12-27-4)20(25)26-14(2)3/h14-18,21H,5-13H2,1-4H3,(H,22,24)/t15-,16-,17?,18?/m0/s1. The minimum atomic E-state index is -0.558. The molecule has 0 radical (unpaired) electrons. The molecule has 2 saturated heterocycles. The number of nitrogens with zero attached hydrogens (tertiary/aromatic N) is 1. The summed E-state index contributed by atoms with van der Waals surface area (Å²) in [5.41, 5.74) is 0. The molecule has 2 aliphatic rings. The first-order valence-corrected chi connectivity index (χ1v) is 11.8. The van der Waals surface area contributed by atoms with E-state index in [0.29, 0.717) is 18.4 Å². The van der Waals surface area contributed by atoms with Crippen molar-refractivity contribution < 1.29 is 14.3 Å². The topological polar surface area (TPSA) is 70.7 Å². The summed E-state index contributed by atoms with van der Waals surface area (Å²) in [5.74, 6) is 0.843. The van der Waals surface area contributed by atoms with Crippen molar-refractivity contribution in [2.75, 3.05) is 31.6 Å². The number of hydrogen-bond acceptors (Lipinski definition) is 6. The molecule has 4 atom stereocenters. The van der Waals surface area contributed by atoms with Crippen molar-refractivity contribution in [1.82, 2.24) is 15.5 Å². The Balaban J connectivity index is 2.03. The van der Waals surface area contributed by atoms with Crippen LogP contribution in [0.4, 0.5) is 0 Å². The molecule has 0 spiro atoms. The van der Waals surface area contributed by atoms with Crippen LogP contribution in [0.25, 0.3) is 0 Å². The minimum Gasteiger partial charge on any atom is -0.461 e. The Labute approximate surface area is 168 Å². The van der Waals surface area contributed by atoms with Crippen molar-refractivity contribution in [3.8, 4) is 0 Å². The number of ether oxygens (including phenoxy) is 1. The Bertz CT molecular complexity index is 483. The zero-order valence-corrected chi connectivity index (χ0v) is 18.1. The molecule has 0 aromatic rings. The molecule has 7 heteroatoms. The molecule has 0 bridgehead atoms. The third-order valence-electron chi connectivity index (χ3n) is 5.60. The third kappa shape index (κ3) is 6.64. The van der Waals surface area contributed by atoms with Crippen molar-refractivity contribution in [2.24, 2.45) is 5.92 Å². The maximum Gasteiger partial charge on any atom is 0.328 e. The van der Waals surface area contributed by atoms with Crippen LogP contribution in [0, 0.1) is 5.92 Å². The van der Waals surface area contributed by atoms with Gasteiger partial charge in [0.2, 0.25) is 5.91 Å². The highest BCUT2D eigenvalue weighted by Crippen LogP contribution is 2.28. The Kier molecular flexibility index (Phi) is 9.39. The van der Waals surface area contributed by atoms with Crippen LogP contribution in [0.15, 0.2) is 0 Å². The van der Waals surface area contributed by atoms with Crippen LogP contribution in [-0.4, -0.2) is 72.6 Å². The SMILES string of the molecule is CC[C@H]1CCN(C[C@@H]2CCCN2)C1C(=O)NC(CCSC)C(=O)OC(C)C. The maximum absolute atomic E-state index is 13.2. The Morgan fingerprint density at radius 1 is 1.33 bits per heavy atom. The molecule has 27 heavy (non-hydrogen) atoms. The highest BCUT2D eigenvalue weighted by Gasteiger charge is 2.40. The number of nitrogens with one attached hydrogen (secondary N) is 2. The highest BCUT2D eigenvalue weighted by molar-refractivity contribution is 7.98. The summed E-state index contributed by atoms with van der Waals surface area (Å²) >= 11 is 1.67. The van der Waals surface area contributed by atoms with E-state index in [0.717, 1.165) is 38.2 Å². The minimum absolute atomic E-state index is 0.0100. The normalized spacial score (nSPS) is 27.1. The van der Waals surface area contributed by atoms with Gasteiger partial charge in [-0.1, -0.05) is 13.3 Å². The van der Waals surface area contributed by atoms with E-state index in [1.165, 1.54) is 12.8 Å². The largest absolute Gasteiger partial charge is 0.461 e. The molecule has 6 nitrogen and oxygen atoms in total. The molecule has 2 fully saturated rings. The smallest absolute Gasteiger partial charge is 0.328 e. The van der Waals surface area contributed by atoms with Gasteiger partial charge in [0.05, 0.1) is 12.1 Å². The molecule has 1 amide bonds. The Morgan fingerprint density at radius 3 is 2.70 bits per heavy atom. The number of likely N-dealkylation sites (tertiary alicyclic amines) is 1. The molecule has 156 valence electrons. The Morgan fingerprint density at radius 2 is 2.11 bits per heavy atom. The number of esters is 1. The van der Waals surface area contributed by atoms with E-state index in [1.54, 1.807) is 11.8 Å². The summed E-state index contributed by atoms with van der Waals surface area (Å²) < 4.78 is 5.37. The second kappa shape index (κ2) is 11.3. The summed E-state index contributed by atoms with van der Waals surface area (Å²) in [5, 5.41) is 6.56. The van der Waals surface area contributed by atoms with Crippen LogP contribution in [0.3, 0.4) is 0 Å². The first-order valence-electron chi connectivity index (χ1n) is 10.4. The van der Waals surface area contributed by atoms with Gasteiger partial charge in [0.25, 0.3) is 0 Å². The molecule has 0 aromatic carbocycles. The van der Waals surface area contributed by atoms with E-state index in [1.807, 2.05) is 20.1 Å². The van der Waals surface area contributed by atoms with Gasteiger partial charge < -0.3 is 15.4 Å². The molecule has 0 aromatic heterocycles.